The molecule has 0 aliphatic rings. The summed E-state index contributed by atoms with van der Waals surface area (Å²) >= 11 is 0. The molecule has 0 saturated heterocycles. The van der Waals surface area contributed by atoms with E-state index in [-0.39, 0.29) is 11.9 Å². The number of hydrogen-bond acceptors (Lipinski definition) is 3. The molecule has 1 amide bonds. The molecule has 2 rings (SSSR count). The fraction of sp³-hybridized carbons (Fsp3) is 0.278. The Morgan fingerprint density at radius 1 is 1.18 bits per heavy atom. The molecule has 0 bridgehead atoms. The van der Waals surface area contributed by atoms with E-state index in [9.17, 15) is 4.79 Å². The minimum absolute atomic E-state index is 0.0902. The highest BCUT2D eigenvalue weighted by molar-refractivity contribution is 5.96. The number of likely N-dealkylation sites (N-methyl/N-ethyl adjacent to an activating group) is 1. The highest BCUT2D eigenvalue weighted by Gasteiger charge is 2.16. The van der Waals surface area contributed by atoms with Crippen LogP contribution in [0.5, 0.6) is 0 Å². The molecule has 1 unspecified atom stereocenters. The van der Waals surface area contributed by atoms with Crippen molar-refractivity contribution in [1.29, 1.82) is 0 Å². The van der Waals surface area contributed by atoms with E-state index in [0.717, 1.165) is 5.56 Å². The molecule has 0 radical (unpaired) electrons. The molecule has 22 heavy (non-hydrogen) atoms. The average molecular weight is 297 g/mol. The first-order chi connectivity index (χ1) is 10.5. The minimum Gasteiger partial charge on any atom is -0.399 e. The Morgan fingerprint density at radius 3 is 2.50 bits per heavy atom. The van der Waals surface area contributed by atoms with Crippen LogP contribution in [-0.2, 0) is 0 Å². The molecule has 0 saturated carbocycles. The van der Waals surface area contributed by atoms with Crippen molar-refractivity contribution >= 4 is 11.6 Å². The van der Waals surface area contributed by atoms with E-state index in [1.165, 1.54) is 5.56 Å². The molecule has 0 heterocycles. The standard InChI is InChI=1S/C18H23N3O/c1-13-9-10-15(19)11-16(13)18(22)20-12-17(21(2)3)14-7-5-4-6-8-14/h4-11,17H,12,19H2,1-3H3,(H,20,22). The van der Waals surface area contributed by atoms with Crippen LogP contribution in [0.15, 0.2) is 48.5 Å². The summed E-state index contributed by atoms with van der Waals surface area (Å²) in [7, 11) is 4.02. The number of nitrogen functional groups attached to an aromatic ring is 1. The van der Waals surface area contributed by atoms with Crippen molar-refractivity contribution in [2.24, 2.45) is 0 Å². The van der Waals surface area contributed by atoms with Gasteiger partial charge in [-0.15, -0.1) is 0 Å². The molecule has 2 aromatic carbocycles. The second-order valence-electron chi connectivity index (χ2n) is 5.67. The number of rotatable bonds is 5. The largest absolute Gasteiger partial charge is 0.399 e. The van der Waals surface area contributed by atoms with Crippen LogP contribution in [0.4, 0.5) is 5.69 Å². The van der Waals surface area contributed by atoms with Crippen LogP contribution in [0.25, 0.3) is 0 Å². The number of hydrogen-bond donors (Lipinski definition) is 2. The van der Waals surface area contributed by atoms with Crippen LogP contribution in [0, 0.1) is 6.92 Å². The number of benzene rings is 2. The second kappa shape index (κ2) is 7.09. The number of aryl methyl sites for hydroxylation is 1. The van der Waals surface area contributed by atoms with Gasteiger partial charge in [0, 0.05) is 17.8 Å². The third-order valence-corrected chi connectivity index (χ3v) is 3.77. The van der Waals surface area contributed by atoms with Crippen LogP contribution in [0.3, 0.4) is 0 Å². The molecule has 0 aliphatic carbocycles. The van der Waals surface area contributed by atoms with Crippen LogP contribution in [0.1, 0.15) is 27.5 Å². The normalized spacial score (nSPS) is 12.2. The van der Waals surface area contributed by atoms with E-state index < -0.39 is 0 Å². The van der Waals surface area contributed by atoms with Gasteiger partial charge in [-0.05, 0) is 44.3 Å². The first kappa shape index (κ1) is 16.0. The number of carbonyl (C=O) groups excluding carboxylic acids is 1. The van der Waals surface area contributed by atoms with Gasteiger partial charge in [-0.25, -0.2) is 0 Å². The van der Waals surface area contributed by atoms with Crippen molar-refractivity contribution in [1.82, 2.24) is 10.2 Å². The van der Waals surface area contributed by atoms with Crippen molar-refractivity contribution < 1.29 is 4.79 Å². The number of amides is 1. The van der Waals surface area contributed by atoms with Gasteiger partial charge in [-0.2, -0.15) is 0 Å². The predicted molar refractivity (Wildman–Crippen MR) is 90.8 cm³/mol. The molecule has 2 aromatic rings. The molecule has 3 N–H and O–H groups in total. The van der Waals surface area contributed by atoms with Crippen molar-refractivity contribution in [3.05, 3.63) is 65.2 Å². The van der Waals surface area contributed by atoms with Crippen molar-refractivity contribution in [2.75, 3.05) is 26.4 Å². The van der Waals surface area contributed by atoms with Gasteiger partial charge in [0.2, 0.25) is 0 Å². The Balaban J connectivity index is 2.10. The second-order valence-corrected chi connectivity index (χ2v) is 5.67. The van der Waals surface area contributed by atoms with Gasteiger partial charge in [0.15, 0.2) is 0 Å². The topological polar surface area (TPSA) is 58.4 Å². The van der Waals surface area contributed by atoms with Crippen molar-refractivity contribution in [2.45, 2.75) is 13.0 Å². The van der Waals surface area contributed by atoms with E-state index in [1.54, 1.807) is 12.1 Å². The number of carbonyl (C=O) groups is 1. The summed E-state index contributed by atoms with van der Waals surface area (Å²) in [6.07, 6.45) is 0. The maximum atomic E-state index is 12.4. The lowest BCUT2D eigenvalue weighted by Crippen LogP contribution is -2.34. The first-order valence-electron chi connectivity index (χ1n) is 7.34. The number of nitrogens with two attached hydrogens (primary N) is 1. The van der Waals surface area contributed by atoms with Crippen molar-refractivity contribution in [3.63, 3.8) is 0 Å². The van der Waals surface area contributed by atoms with Gasteiger partial charge in [0.1, 0.15) is 0 Å². The highest BCUT2D eigenvalue weighted by Crippen LogP contribution is 2.17. The SMILES string of the molecule is Cc1ccc(N)cc1C(=O)NCC(c1ccccc1)N(C)C. The Labute approximate surface area is 131 Å². The summed E-state index contributed by atoms with van der Waals surface area (Å²) in [6, 6.07) is 15.7. The van der Waals surface area contributed by atoms with Crippen LogP contribution < -0.4 is 11.1 Å². The lowest BCUT2D eigenvalue weighted by atomic mass is 10.0. The van der Waals surface area contributed by atoms with E-state index in [4.69, 9.17) is 5.73 Å². The zero-order chi connectivity index (χ0) is 16.1. The molecule has 0 aromatic heterocycles. The maximum absolute atomic E-state index is 12.4. The lowest BCUT2D eigenvalue weighted by Gasteiger charge is -2.25. The Kier molecular flexibility index (Phi) is 5.17. The molecule has 4 nitrogen and oxygen atoms in total. The van der Waals surface area contributed by atoms with E-state index in [2.05, 4.69) is 22.3 Å². The minimum atomic E-state index is -0.0902. The zero-order valence-electron chi connectivity index (χ0n) is 13.3. The Morgan fingerprint density at radius 2 is 1.86 bits per heavy atom. The van der Waals surface area contributed by atoms with Crippen LogP contribution >= 0.6 is 0 Å². The highest BCUT2D eigenvalue weighted by atomic mass is 16.1. The van der Waals surface area contributed by atoms with E-state index in [0.29, 0.717) is 17.8 Å². The molecular formula is C18H23N3O. The molecule has 4 heteroatoms. The van der Waals surface area contributed by atoms with Crippen molar-refractivity contribution in [3.8, 4) is 0 Å². The molecular weight excluding hydrogens is 274 g/mol. The summed E-state index contributed by atoms with van der Waals surface area (Å²) in [4.78, 5) is 14.5. The summed E-state index contributed by atoms with van der Waals surface area (Å²) in [6.45, 7) is 2.46. The maximum Gasteiger partial charge on any atom is 0.251 e. The zero-order valence-corrected chi connectivity index (χ0v) is 13.3. The molecule has 0 spiro atoms. The van der Waals surface area contributed by atoms with E-state index in [1.807, 2.05) is 45.3 Å². The molecule has 116 valence electrons. The van der Waals surface area contributed by atoms with Crippen LogP contribution in [0.2, 0.25) is 0 Å². The summed E-state index contributed by atoms with van der Waals surface area (Å²) in [5.74, 6) is -0.0902. The number of nitrogens with one attached hydrogen (secondary N) is 1. The monoisotopic (exact) mass is 297 g/mol. The third-order valence-electron chi connectivity index (χ3n) is 3.77. The Bertz CT molecular complexity index is 638. The molecule has 0 aliphatic heterocycles. The lowest BCUT2D eigenvalue weighted by molar-refractivity contribution is 0.0941. The Hall–Kier alpha value is -2.33. The summed E-state index contributed by atoms with van der Waals surface area (Å²) in [5, 5.41) is 3.01. The third kappa shape index (κ3) is 3.86. The predicted octanol–water partition coefficient (Wildman–Crippen LogP) is 2.61. The fourth-order valence-electron chi connectivity index (χ4n) is 2.44. The van der Waals surface area contributed by atoms with Gasteiger partial charge in [0.25, 0.3) is 5.91 Å². The number of nitrogens with zero attached hydrogens (tertiary/aromatic N) is 1. The van der Waals surface area contributed by atoms with Gasteiger partial charge in [-0.3, -0.25) is 4.79 Å². The first-order valence-corrected chi connectivity index (χ1v) is 7.34. The summed E-state index contributed by atoms with van der Waals surface area (Å²) in [5.41, 5.74) is 9.10. The van der Waals surface area contributed by atoms with Gasteiger partial charge >= 0.3 is 0 Å². The van der Waals surface area contributed by atoms with Gasteiger partial charge < -0.3 is 16.0 Å². The smallest absolute Gasteiger partial charge is 0.251 e. The number of anilines is 1. The van der Waals surface area contributed by atoms with Gasteiger partial charge in [0.05, 0.1) is 6.04 Å². The average Bonchev–Trinajstić information content (AvgIpc) is 2.50. The quantitative estimate of drug-likeness (QED) is 0.834. The molecule has 0 fully saturated rings. The van der Waals surface area contributed by atoms with Crippen LogP contribution in [-0.4, -0.2) is 31.4 Å². The molecule has 1 atom stereocenters. The summed E-state index contributed by atoms with van der Waals surface area (Å²) < 4.78 is 0. The fourth-order valence-corrected chi connectivity index (χ4v) is 2.44. The van der Waals surface area contributed by atoms with E-state index >= 15 is 0 Å². The van der Waals surface area contributed by atoms with Gasteiger partial charge in [-0.1, -0.05) is 36.4 Å².